The van der Waals surface area contributed by atoms with E-state index in [4.69, 9.17) is 24.3 Å². The van der Waals surface area contributed by atoms with E-state index in [-0.39, 0.29) is 24.8 Å². The van der Waals surface area contributed by atoms with E-state index in [1.807, 2.05) is 72.8 Å². The predicted octanol–water partition coefficient (Wildman–Crippen LogP) is 6.26. The molecule has 0 bridgehead atoms. The molecule has 0 spiro atoms. The summed E-state index contributed by atoms with van der Waals surface area (Å²) in [5.41, 5.74) is 11.3. The highest BCUT2D eigenvalue weighted by Crippen LogP contribution is 2.45. The maximum Gasteiger partial charge on any atom is 0.252 e. The lowest BCUT2D eigenvalue weighted by atomic mass is 9.81. The molecule has 1 aliphatic heterocycles. The van der Waals surface area contributed by atoms with Crippen molar-refractivity contribution < 1.29 is 24.1 Å². The molecular formula is C35H35N5O5. The third kappa shape index (κ3) is 7.26. The van der Waals surface area contributed by atoms with Crippen molar-refractivity contribution in [1.29, 1.82) is 0 Å². The number of nitrogens with one attached hydrogen (secondary N) is 1. The third-order valence-corrected chi connectivity index (χ3v) is 7.59. The van der Waals surface area contributed by atoms with Crippen LogP contribution in [-0.4, -0.2) is 49.3 Å². The molecule has 0 saturated carbocycles. The van der Waals surface area contributed by atoms with Crippen LogP contribution in [0.2, 0.25) is 0 Å². The zero-order valence-electron chi connectivity index (χ0n) is 25.0. The number of aliphatic hydroxyl groups is 1. The lowest BCUT2D eigenvalue weighted by Crippen LogP contribution is -2.50. The number of carbonyl (C=O) groups is 1. The van der Waals surface area contributed by atoms with Crippen LogP contribution in [0.4, 0.5) is 5.69 Å². The van der Waals surface area contributed by atoms with Gasteiger partial charge in [-0.05, 0) is 53.4 Å². The van der Waals surface area contributed by atoms with Crippen LogP contribution in [0, 0.1) is 0 Å². The molecule has 0 aliphatic carbocycles. The van der Waals surface area contributed by atoms with Gasteiger partial charge in [0.05, 0.1) is 13.7 Å². The van der Waals surface area contributed by atoms with E-state index in [1.165, 1.54) is 0 Å². The average molecular weight is 606 g/mol. The standard InChI is InChI=1S/C35H35N5O5/c1-43-31-15-8-5-12-26(31)20-21-37-34(42)35(24-25-10-3-2-4-11-25)32(29-13-6-7-14-30(29)39-40-36)45-33(38-35)27-16-18-28(19-17-27)44-23-9-22-41/h2-8,10-19,32,41H,9,20-24H2,1H3,(H,37,42)/t32-,35-/m1/s1. The maximum absolute atomic E-state index is 14.5. The van der Waals surface area contributed by atoms with E-state index in [0.29, 0.717) is 48.6 Å². The quantitative estimate of drug-likeness (QED) is 0.0757. The minimum Gasteiger partial charge on any atom is -0.496 e. The highest BCUT2D eigenvalue weighted by molar-refractivity contribution is 6.01. The molecule has 0 radical (unpaired) electrons. The first-order valence-electron chi connectivity index (χ1n) is 14.8. The van der Waals surface area contributed by atoms with Crippen molar-refractivity contribution in [3.05, 3.63) is 136 Å². The second-order valence-electron chi connectivity index (χ2n) is 10.5. The molecule has 45 heavy (non-hydrogen) atoms. The minimum atomic E-state index is -1.44. The summed E-state index contributed by atoms with van der Waals surface area (Å²) < 4.78 is 17.8. The number of hydrogen-bond acceptors (Lipinski definition) is 7. The Labute approximate surface area is 261 Å². The minimum absolute atomic E-state index is 0.0475. The summed E-state index contributed by atoms with van der Waals surface area (Å²) in [5, 5.41) is 16.1. The molecule has 0 unspecified atom stereocenters. The van der Waals surface area contributed by atoms with Gasteiger partial charge in [0, 0.05) is 47.7 Å². The van der Waals surface area contributed by atoms with E-state index in [9.17, 15) is 10.3 Å². The molecule has 1 heterocycles. The molecule has 4 aromatic rings. The number of nitrogens with zero attached hydrogens (tertiary/aromatic N) is 4. The normalized spacial score (nSPS) is 17.0. The number of hydrogen-bond donors (Lipinski definition) is 2. The van der Waals surface area contributed by atoms with Gasteiger partial charge in [0.2, 0.25) is 5.90 Å². The molecule has 2 N–H and O–H groups in total. The number of carbonyl (C=O) groups excluding carboxylic acids is 1. The lowest BCUT2D eigenvalue weighted by molar-refractivity contribution is -0.128. The van der Waals surface area contributed by atoms with Gasteiger partial charge in [-0.25, -0.2) is 4.99 Å². The van der Waals surface area contributed by atoms with E-state index < -0.39 is 11.6 Å². The van der Waals surface area contributed by atoms with Crippen molar-refractivity contribution in [2.75, 3.05) is 26.9 Å². The van der Waals surface area contributed by atoms with Gasteiger partial charge in [0.15, 0.2) is 11.6 Å². The zero-order chi connectivity index (χ0) is 31.5. The first-order chi connectivity index (χ1) is 22.1. The Morgan fingerprint density at radius 1 is 1.02 bits per heavy atom. The van der Waals surface area contributed by atoms with E-state index in [0.717, 1.165) is 16.9 Å². The molecule has 1 amide bonds. The van der Waals surface area contributed by atoms with E-state index in [1.54, 1.807) is 37.4 Å². The van der Waals surface area contributed by atoms with Crippen molar-refractivity contribution in [3.8, 4) is 11.5 Å². The summed E-state index contributed by atoms with van der Waals surface area (Å²) in [6.07, 6.45) is 0.404. The van der Waals surface area contributed by atoms with Gasteiger partial charge in [0.25, 0.3) is 5.91 Å². The number of para-hydroxylation sites is 1. The number of rotatable bonds is 14. The maximum atomic E-state index is 14.5. The van der Waals surface area contributed by atoms with Crippen molar-refractivity contribution in [1.82, 2.24) is 5.32 Å². The van der Waals surface area contributed by atoms with Crippen LogP contribution in [-0.2, 0) is 22.4 Å². The fourth-order valence-corrected chi connectivity index (χ4v) is 5.39. The molecule has 0 aromatic heterocycles. The van der Waals surface area contributed by atoms with Gasteiger partial charge >= 0.3 is 0 Å². The summed E-state index contributed by atoms with van der Waals surface area (Å²) in [7, 11) is 1.62. The van der Waals surface area contributed by atoms with Gasteiger partial charge in [-0.3, -0.25) is 4.79 Å². The van der Waals surface area contributed by atoms with Crippen LogP contribution in [0.1, 0.15) is 34.8 Å². The topological polar surface area (TPSA) is 138 Å². The second kappa shape index (κ2) is 14.9. The number of ether oxygens (including phenoxy) is 3. The molecule has 5 rings (SSSR count). The first-order valence-corrected chi connectivity index (χ1v) is 14.8. The largest absolute Gasteiger partial charge is 0.496 e. The second-order valence-corrected chi connectivity index (χ2v) is 10.5. The number of aliphatic hydroxyl groups excluding tert-OH is 1. The Morgan fingerprint density at radius 2 is 1.76 bits per heavy atom. The van der Waals surface area contributed by atoms with Gasteiger partial charge < -0.3 is 24.6 Å². The number of benzene rings is 4. The van der Waals surface area contributed by atoms with Gasteiger partial charge in [0.1, 0.15) is 11.5 Å². The summed E-state index contributed by atoms with van der Waals surface area (Å²) in [4.78, 5) is 22.6. The van der Waals surface area contributed by atoms with Crippen LogP contribution in [0.5, 0.6) is 11.5 Å². The smallest absolute Gasteiger partial charge is 0.252 e. The molecule has 230 valence electrons. The Hall–Kier alpha value is -5.31. The van der Waals surface area contributed by atoms with Crippen molar-refractivity contribution >= 4 is 17.5 Å². The van der Waals surface area contributed by atoms with Crippen LogP contribution in [0.25, 0.3) is 10.4 Å². The van der Waals surface area contributed by atoms with Crippen molar-refractivity contribution in [3.63, 3.8) is 0 Å². The highest BCUT2D eigenvalue weighted by atomic mass is 16.5. The molecule has 0 saturated heterocycles. The molecule has 1 aliphatic rings. The number of amides is 1. The molecule has 0 fully saturated rings. The highest BCUT2D eigenvalue weighted by Gasteiger charge is 2.53. The van der Waals surface area contributed by atoms with E-state index >= 15 is 0 Å². The Kier molecular flexibility index (Phi) is 10.3. The Bertz CT molecular complexity index is 1670. The fraction of sp³-hybridized carbons (Fsp3) is 0.257. The molecule has 4 aromatic carbocycles. The van der Waals surface area contributed by atoms with Gasteiger partial charge in [-0.1, -0.05) is 77.9 Å². The summed E-state index contributed by atoms with van der Waals surface area (Å²) in [5.74, 6) is 1.36. The SMILES string of the molecule is COc1ccccc1CCNC(=O)[C@]1(Cc2ccccc2)N=C(c2ccc(OCCCO)cc2)O[C@@H]1c1ccccc1N=[N+]=[N-]. The monoisotopic (exact) mass is 605 g/mol. The lowest BCUT2D eigenvalue weighted by Gasteiger charge is -2.31. The van der Waals surface area contributed by atoms with Crippen molar-refractivity contribution in [2.24, 2.45) is 10.1 Å². The first kappa shape index (κ1) is 31.1. The number of methoxy groups -OCH3 is 1. The van der Waals surface area contributed by atoms with Gasteiger partial charge in [-0.15, -0.1) is 0 Å². The number of azide groups is 1. The molecule has 10 nitrogen and oxygen atoms in total. The fourth-order valence-electron chi connectivity index (χ4n) is 5.39. The Morgan fingerprint density at radius 3 is 2.51 bits per heavy atom. The van der Waals surface area contributed by atoms with Crippen molar-refractivity contribution in [2.45, 2.75) is 30.9 Å². The summed E-state index contributed by atoms with van der Waals surface area (Å²) in [6, 6.07) is 31.7. The summed E-state index contributed by atoms with van der Waals surface area (Å²) >= 11 is 0. The third-order valence-electron chi connectivity index (χ3n) is 7.59. The van der Waals surface area contributed by atoms with Crippen LogP contribution in [0.15, 0.2) is 113 Å². The van der Waals surface area contributed by atoms with E-state index in [2.05, 4.69) is 15.3 Å². The Balaban J connectivity index is 1.55. The molecular weight excluding hydrogens is 570 g/mol. The predicted molar refractivity (Wildman–Crippen MR) is 172 cm³/mol. The van der Waals surface area contributed by atoms with Gasteiger partial charge in [-0.2, -0.15) is 0 Å². The average Bonchev–Trinajstić information content (AvgIpc) is 3.46. The number of aliphatic imine (C=N–C) groups is 1. The van der Waals surface area contributed by atoms with Crippen LogP contribution < -0.4 is 14.8 Å². The summed E-state index contributed by atoms with van der Waals surface area (Å²) in [6.45, 7) is 0.776. The van der Waals surface area contributed by atoms with Crippen LogP contribution in [0.3, 0.4) is 0 Å². The molecule has 10 heteroatoms. The van der Waals surface area contributed by atoms with Crippen LogP contribution >= 0.6 is 0 Å². The molecule has 2 atom stereocenters. The zero-order valence-corrected chi connectivity index (χ0v) is 25.0.